The summed E-state index contributed by atoms with van der Waals surface area (Å²) in [7, 11) is 1.78. The van der Waals surface area contributed by atoms with Crippen molar-refractivity contribution in [3.63, 3.8) is 0 Å². The first-order valence-corrected chi connectivity index (χ1v) is 6.30. The van der Waals surface area contributed by atoms with Gasteiger partial charge in [0.15, 0.2) is 5.13 Å². The minimum absolute atomic E-state index is 0.243. The Labute approximate surface area is 108 Å². The zero-order valence-corrected chi connectivity index (χ0v) is 11.2. The number of aliphatic hydroxyl groups is 1. The molecule has 1 atom stereocenters. The maximum absolute atomic E-state index is 12.0. The molecule has 0 aliphatic heterocycles. The largest absolute Gasteiger partial charge is 0.387 e. The van der Waals surface area contributed by atoms with Gasteiger partial charge in [-0.05, 0) is 13.8 Å². The van der Waals surface area contributed by atoms with Crippen molar-refractivity contribution < 1.29 is 9.90 Å². The second-order valence-electron chi connectivity index (χ2n) is 3.97. The minimum atomic E-state index is -0.632. The maximum atomic E-state index is 12.0. The van der Waals surface area contributed by atoms with E-state index in [4.69, 9.17) is 0 Å². The molecule has 0 bridgehead atoms. The average Bonchev–Trinajstić information content (AvgIpc) is 2.88. The molecule has 0 saturated heterocycles. The number of hydrogen-bond acceptors (Lipinski definition) is 5. The molecular formula is C11H14N4O2S. The van der Waals surface area contributed by atoms with E-state index in [1.807, 2.05) is 6.92 Å². The molecule has 0 spiro atoms. The molecule has 0 aromatic carbocycles. The van der Waals surface area contributed by atoms with Crippen molar-refractivity contribution in [3.8, 4) is 0 Å². The van der Waals surface area contributed by atoms with Gasteiger partial charge in [-0.2, -0.15) is 5.10 Å². The molecule has 1 unspecified atom stereocenters. The number of hydrogen-bond donors (Lipinski definition) is 2. The number of aromatic nitrogens is 3. The van der Waals surface area contributed by atoms with E-state index in [0.29, 0.717) is 16.4 Å². The Kier molecular flexibility index (Phi) is 3.44. The smallest absolute Gasteiger partial charge is 0.260 e. The second-order valence-corrected chi connectivity index (χ2v) is 4.83. The lowest BCUT2D eigenvalue weighted by molar-refractivity contribution is 0.102. The van der Waals surface area contributed by atoms with E-state index in [2.05, 4.69) is 15.4 Å². The molecule has 2 N–H and O–H groups in total. The minimum Gasteiger partial charge on any atom is -0.387 e. The Hall–Kier alpha value is -1.73. The Morgan fingerprint density at radius 3 is 2.83 bits per heavy atom. The first kappa shape index (κ1) is 12.7. The van der Waals surface area contributed by atoms with Crippen LogP contribution < -0.4 is 5.32 Å². The third-order valence-electron chi connectivity index (χ3n) is 2.65. The number of rotatable bonds is 3. The number of carbonyl (C=O) groups is 1. The van der Waals surface area contributed by atoms with E-state index < -0.39 is 6.10 Å². The van der Waals surface area contributed by atoms with Crippen molar-refractivity contribution in [2.75, 3.05) is 5.32 Å². The quantitative estimate of drug-likeness (QED) is 0.882. The highest BCUT2D eigenvalue weighted by Crippen LogP contribution is 2.21. The Bertz CT molecular complexity index is 573. The molecule has 0 saturated carbocycles. The van der Waals surface area contributed by atoms with Gasteiger partial charge in [-0.25, -0.2) is 4.98 Å². The third kappa shape index (κ3) is 2.41. The van der Waals surface area contributed by atoms with Gasteiger partial charge in [0.2, 0.25) is 0 Å². The highest BCUT2D eigenvalue weighted by Gasteiger charge is 2.15. The monoisotopic (exact) mass is 266 g/mol. The van der Waals surface area contributed by atoms with Crippen LogP contribution in [0, 0.1) is 6.92 Å². The van der Waals surface area contributed by atoms with Crippen molar-refractivity contribution in [1.82, 2.24) is 14.8 Å². The standard InChI is InChI=1S/C11H14N4O2S/c1-6-8(4-12-15(6)3)10(17)14-11-13-9(5-18-11)7(2)16/h4-5,7,16H,1-3H3,(H,13,14,17). The van der Waals surface area contributed by atoms with E-state index in [0.717, 1.165) is 5.69 Å². The molecule has 2 rings (SSSR count). The summed E-state index contributed by atoms with van der Waals surface area (Å²) in [5, 5.41) is 18.2. The number of carbonyl (C=O) groups excluding carboxylic acids is 1. The molecule has 2 aromatic heterocycles. The van der Waals surface area contributed by atoms with Crippen LogP contribution in [-0.2, 0) is 7.05 Å². The first-order chi connectivity index (χ1) is 8.49. The first-order valence-electron chi connectivity index (χ1n) is 5.42. The summed E-state index contributed by atoms with van der Waals surface area (Å²) in [5.74, 6) is -0.243. The van der Waals surface area contributed by atoms with Gasteiger partial charge in [0.05, 0.1) is 23.6 Å². The van der Waals surface area contributed by atoms with Gasteiger partial charge in [-0.3, -0.25) is 14.8 Å². The number of anilines is 1. The topological polar surface area (TPSA) is 80.0 Å². The van der Waals surface area contributed by atoms with Crippen molar-refractivity contribution in [1.29, 1.82) is 0 Å². The second kappa shape index (κ2) is 4.87. The average molecular weight is 266 g/mol. The molecule has 2 aromatic rings. The van der Waals surface area contributed by atoms with Gasteiger partial charge in [-0.15, -0.1) is 11.3 Å². The van der Waals surface area contributed by atoms with E-state index in [1.54, 1.807) is 24.0 Å². The lowest BCUT2D eigenvalue weighted by atomic mass is 10.2. The predicted molar refractivity (Wildman–Crippen MR) is 68.6 cm³/mol. The summed E-state index contributed by atoms with van der Waals surface area (Å²) in [4.78, 5) is 16.1. The molecule has 96 valence electrons. The van der Waals surface area contributed by atoms with Gasteiger partial charge >= 0.3 is 0 Å². The van der Waals surface area contributed by atoms with E-state index in [-0.39, 0.29) is 5.91 Å². The van der Waals surface area contributed by atoms with Crippen LogP contribution in [0.1, 0.15) is 34.8 Å². The highest BCUT2D eigenvalue weighted by atomic mass is 32.1. The van der Waals surface area contributed by atoms with Crippen molar-refractivity contribution >= 4 is 22.4 Å². The SMILES string of the molecule is Cc1c(C(=O)Nc2nc(C(C)O)cs2)cnn1C. The van der Waals surface area contributed by atoms with E-state index in [1.165, 1.54) is 17.5 Å². The Balaban J connectivity index is 2.14. The predicted octanol–water partition coefficient (Wildman–Crippen LogP) is 1.49. The van der Waals surface area contributed by atoms with Crippen LogP contribution in [0.2, 0.25) is 0 Å². The van der Waals surface area contributed by atoms with Crippen molar-refractivity contribution in [3.05, 3.63) is 28.5 Å². The number of aliphatic hydroxyl groups excluding tert-OH is 1. The summed E-state index contributed by atoms with van der Waals surface area (Å²) < 4.78 is 1.64. The normalized spacial score (nSPS) is 12.4. The van der Waals surface area contributed by atoms with Gasteiger partial charge < -0.3 is 5.11 Å². The van der Waals surface area contributed by atoms with E-state index in [9.17, 15) is 9.90 Å². The molecule has 7 heteroatoms. The summed E-state index contributed by atoms with van der Waals surface area (Å²) in [6, 6.07) is 0. The molecule has 6 nitrogen and oxygen atoms in total. The molecule has 0 aliphatic rings. The fourth-order valence-electron chi connectivity index (χ4n) is 1.42. The number of amides is 1. The fraction of sp³-hybridized carbons (Fsp3) is 0.364. The van der Waals surface area contributed by atoms with Gasteiger partial charge in [-0.1, -0.05) is 0 Å². The van der Waals surface area contributed by atoms with Gasteiger partial charge in [0.1, 0.15) is 0 Å². The molecule has 0 radical (unpaired) electrons. The van der Waals surface area contributed by atoms with Crippen LogP contribution in [0.15, 0.2) is 11.6 Å². The maximum Gasteiger partial charge on any atom is 0.260 e. The molecule has 1 amide bonds. The molecule has 0 fully saturated rings. The molecular weight excluding hydrogens is 252 g/mol. The lowest BCUT2D eigenvalue weighted by Crippen LogP contribution is -2.13. The van der Waals surface area contributed by atoms with Crippen LogP contribution in [0.4, 0.5) is 5.13 Å². The van der Waals surface area contributed by atoms with Crippen LogP contribution in [0.25, 0.3) is 0 Å². The van der Waals surface area contributed by atoms with E-state index >= 15 is 0 Å². The third-order valence-corrected chi connectivity index (χ3v) is 3.43. The molecule has 18 heavy (non-hydrogen) atoms. The summed E-state index contributed by atoms with van der Waals surface area (Å²) >= 11 is 1.28. The van der Waals surface area contributed by atoms with Crippen LogP contribution in [0.5, 0.6) is 0 Å². The van der Waals surface area contributed by atoms with Crippen molar-refractivity contribution in [2.45, 2.75) is 20.0 Å². The molecule has 0 aliphatic carbocycles. The number of aryl methyl sites for hydroxylation is 1. The summed E-state index contributed by atoms with van der Waals surface area (Å²) in [5.41, 5.74) is 1.87. The number of nitrogens with zero attached hydrogens (tertiary/aromatic N) is 3. The van der Waals surface area contributed by atoms with Crippen LogP contribution in [-0.4, -0.2) is 25.8 Å². The van der Waals surface area contributed by atoms with Crippen LogP contribution >= 0.6 is 11.3 Å². The summed E-state index contributed by atoms with van der Waals surface area (Å²) in [6.07, 6.45) is 0.889. The van der Waals surface area contributed by atoms with Gasteiger partial charge in [0.25, 0.3) is 5.91 Å². The molecule has 2 heterocycles. The summed E-state index contributed by atoms with van der Waals surface area (Å²) in [6.45, 7) is 3.46. The Morgan fingerprint density at radius 2 is 2.33 bits per heavy atom. The van der Waals surface area contributed by atoms with Gasteiger partial charge in [0, 0.05) is 18.1 Å². The zero-order valence-electron chi connectivity index (χ0n) is 10.3. The number of thiazole rings is 1. The highest BCUT2D eigenvalue weighted by molar-refractivity contribution is 7.14. The number of nitrogens with one attached hydrogen (secondary N) is 1. The van der Waals surface area contributed by atoms with Crippen LogP contribution in [0.3, 0.4) is 0 Å². The Morgan fingerprint density at radius 1 is 1.61 bits per heavy atom. The van der Waals surface area contributed by atoms with Crippen molar-refractivity contribution in [2.24, 2.45) is 7.05 Å². The zero-order chi connectivity index (χ0) is 13.3. The fourth-order valence-corrected chi connectivity index (χ4v) is 2.21. The lowest BCUT2D eigenvalue weighted by Gasteiger charge is -2.01.